The van der Waals surface area contributed by atoms with Gasteiger partial charge < -0.3 is 14.8 Å². The van der Waals surface area contributed by atoms with E-state index in [0.29, 0.717) is 11.4 Å². The molecule has 1 amide bonds. The second-order valence-corrected chi connectivity index (χ2v) is 6.63. The van der Waals surface area contributed by atoms with Gasteiger partial charge in [0, 0.05) is 12.2 Å². The summed E-state index contributed by atoms with van der Waals surface area (Å²) in [6.07, 6.45) is 3.82. The van der Waals surface area contributed by atoms with Crippen LogP contribution in [0.3, 0.4) is 0 Å². The number of benzene rings is 1. The molecule has 2 heterocycles. The highest BCUT2D eigenvalue weighted by atomic mass is 32.2. The number of aliphatic carboxylic acids is 1. The number of carboxylic acid groups (broad SMARTS) is 1. The van der Waals surface area contributed by atoms with Gasteiger partial charge in [-0.05, 0) is 24.6 Å². The van der Waals surface area contributed by atoms with Crippen molar-refractivity contribution in [2.24, 2.45) is 0 Å². The highest BCUT2D eigenvalue weighted by molar-refractivity contribution is 8.26. The lowest BCUT2D eigenvalue weighted by Crippen LogP contribution is -2.40. The third-order valence-electron chi connectivity index (χ3n) is 3.62. The fourth-order valence-electron chi connectivity index (χ4n) is 2.62. The minimum atomic E-state index is -1.33. The van der Waals surface area contributed by atoms with Crippen molar-refractivity contribution in [3.05, 3.63) is 46.5 Å². The highest BCUT2D eigenvalue weighted by Gasteiger charge is 2.36. The minimum absolute atomic E-state index is 0.241. The van der Waals surface area contributed by atoms with Crippen molar-refractivity contribution >= 4 is 51.9 Å². The van der Waals surface area contributed by atoms with E-state index in [2.05, 4.69) is 0 Å². The van der Waals surface area contributed by atoms with Crippen LogP contribution in [0.2, 0.25) is 0 Å². The van der Waals surface area contributed by atoms with Crippen molar-refractivity contribution in [3.8, 4) is 0 Å². The van der Waals surface area contributed by atoms with E-state index in [0.717, 1.165) is 33.6 Å². The lowest BCUT2D eigenvalue weighted by atomic mass is 10.1. The first-order valence-electron chi connectivity index (χ1n) is 7.05. The molecule has 0 spiro atoms. The van der Waals surface area contributed by atoms with Gasteiger partial charge in [0.05, 0.1) is 18.2 Å². The third-order valence-corrected chi connectivity index (χ3v) is 5.08. The Morgan fingerprint density at radius 1 is 1.26 bits per heavy atom. The van der Waals surface area contributed by atoms with E-state index in [4.69, 9.17) is 12.2 Å². The molecule has 118 valence electrons. The monoisotopic (exact) mass is 345 g/mol. The van der Waals surface area contributed by atoms with Crippen LogP contribution in [0.25, 0.3) is 6.08 Å². The van der Waals surface area contributed by atoms with Crippen LogP contribution in [-0.2, 0) is 9.59 Å². The van der Waals surface area contributed by atoms with Crippen LogP contribution >= 0.6 is 24.0 Å². The molecule has 0 bridgehead atoms. The number of amides is 1. The van der Waals surface area contributed by atoms with Crippen LogP contribution in [0, 0.1) is 0 Å². The molecule has 1 saturated heterocycles. The first kappa shape index (κ1) is 15.8. The van der Waals surface area contributed by atoms with Crippen LogP contribution in [0.4, 0.5) is 5.69 Å². The number of rotatable bonds is 3. The van der Waals surface area contributed by atoms with Crippen LogP contribution < -0.4 is 10.0 Å². The molecule has 2 aliphatic heterocycles. The van der Waals surface area contributed by atoms with E-state index in [1.54, 1.807) is 0 Å². The van der Waals surface area contributed by atoms with E-state index >= 15 is 0 Å². The van der Waals surface area contributed by atoms with E-state index < -0.39 is 12.5 Å². The summed E-state index contributed by atoms with van der Waals surface area (Å²) in [6.45, 7) is 2.16. The number of carboxylic acids is 1. The Kier molecular flexibility index (Phi) is 4.23. The van der Waals surface area contributed by atoms with Crippen molar-refractivity contribution in [2.75, 3.05) is 18.0 Å². The number of nitrogens with zero attached hydrogens (tertiary/aromatic N) is 2. The molecule has 0 atom stereocenters. The van der Waals surface area contributed by atoms with Gasteiger partial charge in [-0.1, -0.05) is 48.3 Å². The first-order chi connectivity index (χ1) is 11.0. The number of carbonyl (C=O) groups excluding carboxylic acids is 2. The van der Waals surface area contributed by atoms with Crippen molar-refractivity contribution in [1.82, 2.24) is 4.90 Å². The first-order valence-corrected chi connectivity index (χ1v) is 8.28. The SMILES string of the molecule is CCN1/C(=C2\SC(=S)N(CC(=O)[O-])C2=O)C=Cc2ccccc21. The number of hydrogen-bond donors (Lipinski definition) is 0. The van der Waals surface area contributed by atoms with Gasteiger partial charge in [-0.2, -0.15) is 0 Å². The maximum Gasteiger partial charge on any atom is 0.268 e. The fraction of sp³-hybridized carbons (Fsp3) is 0.188. The zero-order valence-corrected chi connectivity index (χ0v) is 13.9. The molecule has 23 heavy (non-hydrogen) atoms. The summed E-state index contributed by atoms with van der Waals surface area (Å²) in [4.78, 5) is 26.9. The Hall–Kier alpha value is -2.12. The molecule has 7 heteroatoms. The fourth-order valence-corrected chi connectivity index (χ4v) is 3.93. The van der Waals surface area contributed by atoms with Gasteiger partial charge in [-0.15, -0.1) is 0 Å². The van der Waals surface area contributed by atoms with Gasteiger partial charge in [0.2, 0.25) is 0 Å². The summed E-state index contributed by atoms with van der Waals surface area (Å²) in [5, 5.41) is 10.8. The number of fused-ring (bicyclic) bond motifs is 1. The zero-order valence-electron chi connectivity index (χ0n) is 12.3. The van der Waals surface area contributed by atoms with E-state index in [-0.39, 0.29) is 10.2 Å². The quantitative estimate of drug-likeness (QED) is 0.609. The highest BCUT2D eigenvalue weighted by Crippen LogP contribution is 2.39. The Bertz CT molecular complexity index is 770. The van der Waals surface area contributed by atoms with Crippen molar-refractivity contribution < 1.29 is 14.7 Å². The molecule has 0 aliphatic carbocycles. The molecule has 2 aliphatic rings. The van der Waals surface area contributed by atoms with Gasteiger partial charge in [-0.3, -0.25) is 9.69 Å². The van der Waals surface area contributed by atoms with Gasteiger partial charge in [0.25, 0.3) is 5.91 Å². The summed E-state index contributed by atoms with van der Waals surface area (Å²) in [5.74, 6) is -1.72. The predicted molar refractivity (Wildman–Crippen MR) is 92.4 cm³/mol. The Morgan fingerprint density at radius 2 is 2.00 bits per heavy atom. The molecule has 0 N–H and O–H groups in total. The number of thioether (sulfide) groups is 1. The maximum absolute atomic E-state index is 12.5. The topological polar surface area (TPSA) is 63.7 Å². The summed E-state index contributed by atoms with van der Waals surface area (Å²) >= 11 is 6.26. The Balaban J connectivity index is 2.04. The number of thiocarbonyl (C=S) groups is 1. The zero-order chi connectivity index (χ0) is 16.6. The summed E-state index contributed by atoms with van der Waals surface area (Å²) in [7, 11) is 0. The minimum Gasteiger partial charge on any atom is -0.548 e. The largest absolute Gasteiger partial charge is 0.548 e. The van der Waals surface area contributed by atoms with Gasteiger partial charge in [-0.25, -0.2) is 0 Å². The lowest BCUT2D eigenvalue weighted by Gasteiger charge is -2.30. The normalized spacial score (nSPS) is 20.2. The second-order valence-electron chi connectivity index (χ2n) is 4.98. The molecule has 0 radical (unpaired) electrons. The average molecular weight is 345 g/mol. The molecular weight excluding hydrogens is 332 g/mol. The van der Waals surface area contributed by atoms with Crippen LogP contribution in [0.15, 0.2) is 40.9 Å². The number of anilines is 1. The van der Waals surface area contributed by atoms with Gasteiger partial charge in [0.1, 0.15) is 9.23 Å². The summed E-state index contributed by atoms with van der Waals surface area (Å²) in [6, 6.07) is 7.90. The number of likely N-dealkylation sites (N-methyl/N-ethyl adjacent to an activating group) is 1. The second kappa shape index (κ2) is 6.17. The maximum atomic E-state index is 12.5. The van der Waals surface area contributed by atoms with Gasteiger partial charge in [0.15, 0.2) is 0 Å². The molecule has 0 saturated carbocycles. The smallest absolute Gasteiger partial charge is 0.268 e. The van der Waals surface area contributed by atoms with Crippen LogP contribution in [0.5, 0.6) is 0 Å². The predicted octanol–water partition coefficient (Wildman–Crippen LogP) is 1.36. The van der Waals surface area contributed by atoms with Crippen molar-refractivity contribution in [1.29, 1.82) is 0 Å². The lowest BCUT2D eigenvalue weighted by molar-refractivity contribution is -0.305. The summed E-state index contributed by atoms with van der Waals surface area (Å²) in [5.41, 5.74) is 2.82. The summed E-state index contributed by atoms with van der Waals surface area (Å²) < 4.78 is 0.241. The molecule has 0 unspecified atom stereocenters. The third kappa shape index (κ3) is 2.77. The standard InChI is InChI=1S/C16H14N2O3S2/c1-2-17-11-6-4-3-5-10(11)7-8-12(17)14-15(21)18(9-13(19)20)16(22)23-14/h3-8H,2,9H2,1H3,(H,19,20)/p-1/b14-12-. The van der Waals surface area contributed by atoms with Gasteiger partial charge >= 0.3 is 0 Å². The molecule has 0 aromatic heterocycles. The number of allylic oxidation sites excluding steroid dienone is 1. The molecular formula is C16H13N2O3S2-. The van der Waals surface area contributed by atoms with Crippen LogP contribution in [0.1, 0.15) is 12.5 Å². The molecule has 1 aromatic rings. The van der Waals surface area contributed by atoms with E-state index in [1.807, 2.05) is 48.2 Å². The number of hydrogen-bond acceptors (Lipinski definition) is 6. The van der Waals surface area contributed by atoms with Crippen LogP contribution in [-0.4, -0.2) is 34.2 Å². The van der Waals surface area contributed by atoms with E-state index in [9.17, 15) is 14.7 Å². The molecule has 1 fully saturated rings. The van der Waals surface area contributed by atoms with Crippen molar-refractivity contribution in [2.45, 2.75) is 6.92 Å². The Labute approximate surface area is 143 Å². The molecule has 1 aromatic carbocycles. The van der Waals surface area contributed by atoms with E-state index in [1.165, 1.54) is 0 Å². The average Bonchev–Trinajstić information content (AvgIpc) is 2.81. The van der Waals surface area contributed by atoms with Crippen molar-refractivity contribution in [3.63, 3.8) is 0 Å². The number of para-hydroxylation sites is 1. The molecule has 3 rings (SSSR count). The number of carbonyl (C=O) groups is 2. The molecule has 5 nitrogen and oxygen atoms in total. The Morgan fingerprint density at radius 3 is 2.70 bits per heavy atom.